The van der Waals surface area contributed by atoms with Crippen LogP contribution in [-0.2, 0) is 4.79 Å². The number of anilines is 1. The third-order valence-corrected chi connectivity index (χ3v) is 3.63. The third kappa shape index (κ3) is 6.47. The largest absolute Gasteiger partial charge is 0.494 e. The van der Waals surface area contributed by atoms with Crippen molar-refractivity contribution in [3.05, 3.63) is 54.1 Å². The number of hydrogen-bond donors (Lipinski definition) is 2. The second-order valence-corrected chi connectivity index (χ2v) is 5.81. The van der Waals surface area contributed by atoms with Crippen molar-refractivity contribution in [2.75, 3.05) is 18.5 Å². The monoisotopic (exact) mass is 356 g/mol. The molecular formula is C20H24N2O4. The summed E-state index contributed by atoms with van der Waals surface area (Å²) >= 11 is 0. The SMILES string of the molecule is CCCCCOc1ccc(C(=O)Nc2ccc(OCC(N)=O)cc2)cc1. The van der Waals surface area contributed by atoms with E-state index in [-0.39, 0.29) is 12.5 Å². The minimum absolute atomic E-state index is 0.182. The maximum absolute atomic E-state index is 12.3. The number of primary amides is 1. The fourth-order valence-electron chi connectivity index (χ4n) is 2.24. The number of hydrogen-bond acceptors (Lipinski definition) is 4. The smallest absolute Gasteiger partial charge is 0.255 e. The maximum atomic E-state index is 12.3. The molecule has 2 amide bonds. The summed E-state index contributed by atoms with van der Waals surface area (Å²) in [5, 5.41) is 2.80. The molecule has 6 heteroatoms. The van der Waals surface area contributed by atoms with Crippen molar-refractivity contribution in [1.29, 1.82) is 0 Å². The van der Waals surface area contributed by atoms with Gasteiger partial charge in [0.05, 0.1) is 6.61 Å². The molecule has 6 nitrogen and oxygen atoms in total. The number of carbonyl (C=O) groups is 2. The van der Waals surface area contributed by atoms with E-state index in [0.29, 0.717) is 23.6 Å². The lowest BCUT2D eigenvalue weighted by molar-refractivity contribution is -0.119. The topological polar surface area (TPSA) is 90.7 Å². The number of nitrogens with one attached hydrogen (secondary N) is 1. The normalized spacial score (nSPS) is 10.2. The highest BCUT2D eigenvalue weighted by Crippen LogP contribution is 2.18. The average Bonchev–Trinajstić information content (AvgIpc) is 2.65. The van der Waals surface area contributed by atoms with E-state index in [1.54, 1.807) is 48.5 Å². The molecule has 0 aliphatic heterocycles. The van der Waals surface area contributed by atoms with Crippen LogP contribution in [0.2, 0.25) is 0 Å². The molecule has 0 aromatic heterocycles. The first-order valence-electron chi connectivity index (χ1n) is 8.64. The van der Waals surface area contributed by atoms with Gasteiger partial charge in [0, 0.05) is 11.3 Å². The molecule has 0 fully saturated rings. The Morgan fingerprint density at radius 2 is 1.54 bits per heavy atom. The summed E-state index contributed by atoms with van der Waals surface area (Å²) in [6.07, 6.45) is 3.32. The number of carbonyl (C=O) groups excluding carboxylic acids is 2. The second kappa shape index (κ2) is 10.1. The van der Waals surface area contributed by atoms with E-state index < -0.39 is 5.91 Å². The van der Waals surface area contributed by atoms with Crippen molar-refractivity contribution in [2.24, 2.45) is 5.73 Å². The first kappa shape index (κ1) is 19.3. The van der Waals surface area contributed by atoms with Crippen LogP contribution in [0.3, 0.4) is 0 Å². The lowest BCUT2D eigenvalue weighted by Crippen LogP contribution is -2.20. The number of amides is 2. The van der Waals surface area contributed by atoms with E-state index in [1.165, 1.54) is 0 Å². The van der Waals surface area contributed by atoms with E-state index in [0.717, 1.165) is 25.0 Å². The summed E-state index contributed by atoms with van der Waals surface area (Å²) in [5.74, 6) is 0.508. The van der Waals surface area contributed by atoms with E-state index in [2.05, 4.69) is 12.2 Å². The molecular weight excluding hydrogens is 332 g/mol. The predicted molar refractivity (Wildman–Crippen MR) is 101 cm³/mol. The van der Waals surface area contributed by atoms with Crippen LogP contribution in [0.4, 0.5) is 5.69 Å². The van der Waals surface area contributed by atoms with Gasteiger partial charge in [-0.25, -0.2) is 0 Å². The summed E-state index contributed by atoms with van der Waals surface area (Å²) in [4.78, 5) is 23.0. The van der Waals surface area contributed by atoms with E-state index in [1.807, 2.05) is 0 Å². The van der Waals surface area contributed by atoms with Gasteiger partial charge in [-0.15, -0.1) is 0 Å². The first-order valence-corrected chi connectivity index (χ1v) is 8.64. The average molecular weight is 356 g/mol. The van der Waals surface area contributed by atoms with Crippen molar-refractivity contribution >= 4 is 17.5 Å². The molecule has 0 aliphatic carbocycles. The second-order valence-electron chi connectivity index (χ2n) is 5.81. The summed E-state index contributed by atoms with van der Waals surface area (Å²) in [7, 11) is 0. The van der Waals surface area contributed by atoms with E-state index in [9.17, 15) is 9.59 Å². The molecule has 0 spiro atoms. The molecule has 138 valence electrons. The Morgan fingerprint density at radius 3 is 2.15 bits per heavy atom. The molecule has 0 bridgehead atoms. The minimum atomic E-state index is -0.542. The van der Waals surface area contributed by atoms with Gasteiger partial charge in [0.25, 0.3) is 11.8 Å². The predicted octanol–water partition coefficient (Wildman–Crippen LogP) is 3.37. The van der Waals surface area contributed by atoms with Crippen molar-refractivity contribution in [1.82, 2.24) is 0 Å². The minimum Gasteiger partial charge on any atom is -0.494 e. The van der Waals surface area contributed by atoms with Gasteiger partial charge in [0.15, 0.2) is 6.61 Å². The van der Waals surface area contributed by atoms with Crippen LogP contribution in [0.5, 0.6) is 11.5 Å². The Balaban J connectivity index is 1.85. The zero-order chi connectivity index (χ0) is 18.8. The number of benzene rings is 2. The highest BCUT2D eigenvalue weighted by atomic mass is 16.5. The standard InChI is InChI=1S/C20H24N2O4/c1-2-3-4-13-25-17-9-5-15(6-10-17)20(24)22-16-7-11-18(12-8-16)26-14-19(21)23/h5-12H,2-4,13-14H2,1H3,(H2,21,23)(H,22,24). The number of nitrogens with two attached hydrogens (primary N) is 1. The maximum Gasteiger partial charge on any atom is 0.255 e. The van der Waals surface area contributed by atoms with Crippen LogP contribution in [0.25, 0.3) is 0 Å². The molecule has 2 aromatic carbocycles. The Kier molecular flexibility index (Phi) is 7.49. The molecule has 0 saturated carbocycles. The Labute approximate surface area is 153 Å². The van der Waals surface area contributed by atoms with Crippen LogP contribution in [0, 0.1) is 0 Å². The number of ether oxygens (including phenoxy) is 2. The van der Waals surface area contributed by atoms with E-state index >= 15 is 0 Å². The van der Waals surface area contributed by atoms with Crippen molar-refractivity contribution in [2.45, 2.75) is 26.2 Å². The van der Waals surface area contributed by atoms with Crippen molar-refractivity contribution in [3.8, 4) is 11.5 Å². The fourth-order valence-corrected chi connectivity index (χ4v) is 2.24. The molecule has 0 unspecified atom stereocenters. The zero-order valence-electron chi connectivity index (χ0n) is 14.9. The van der Waals surface area contributed by atoms with Gasteiger partial charge in [0.1, 0.15) is 11.5 Å². The molecule has 2 rings (SSSR count). The van der Waals surface area contributed by atoms with Gasteiger partial charge in [-0.1, -0.05) is 19.8 Å². The summed E-state index contributed by atoms with van der Waals surface area (Å²) in [5.41, 5.74) is 6.19. The Morgan fingerprint density at radius 1 is 0.923 bits per heavy atom. The molecule has 0 atom stereocenters. The molecule has 3 N–H and O–H groups in total. The summed E-state index contributed by atoms with van der Waals surface area (Å²) in [6, 6.07) is 13.8. The van der Waals surface area contributed by atoms with Crippen LogP contribution >= 0.6 is 0 Å². The van der Waals surface area contributed by atoms with E-state index in [4.69, 9.17) is 15.2 Å². The van der Waals surface area contributed by atoms with Gasteiger partial charge in [-0.3, -0.25) is 9.59 Å². The van der Waals surface area contributed by atoms with Crippen LogP contribution in [-0.4, -0.2) is 25.0 Å². The van der Waals surface area contributed by atoms with Crippen LogP contribution in [0.1, 0.15) is 36.5 Å². The Hall–Kier alpha value is -3.02. The lowest BCUT2D eigenvalue weighted by Gasteiger charge is -2.09. The molecule has 26 heavy (non-hydrogen) atoms. The summed E-state index contributed by atoms with van der Waals surface area (Å²) < 4.78 is 10.8. The fraction of sp³-hybridized carbons (Fsp3) is 0.300. The van der Waals surface area contributed by atoms with Gasteiger partial charge < -0.3 is 20.5 Å². The Bertz CT molecular complexity index is 712. The molecule has 0 radical (unpaired) electrons. The third-order valence-electron chi connectivity index (χ3n) is 3.63. The summed E-state index contributed by atoms with van der Waals surface area (Å²) in [6.45, 7) is 2.65. The molecule has 2 aromatic rings. The first-order chi connectivity index (χ1) is 12.6. The van der Waals surface area contributed by atoms with Crippen LogP contribution in [0.15, 0.2) is 48.5 Å². The lowest BCUT2D eigenvalue weighted by atomic mass is 10.2. The molecule has 0 saturated heterocycles. The van der Waals surface area contributed by atoms with Crippen LogP contribution < -0.4 is 20.5 Å². The zero-order valence-corrected chi connectivity index (χ0v) is 14.9. The highest BCUT2D eigenvalue weighted by molar-refractivity contribution is 6.04. The van der Waals surface area contributed by atoms with Crippen molar-refractivity contribution in [3.63, 3.8) is 0 Å². The quantitative estimate of drug-likeness (QED) is 0.639. The highest BCUT2D eigenvalue weighted by Gasteiger charge is 2.07. The van der Waals surface area contributed by atoms with Gasteiger partial charge in [0.2, 0.25) is 0 Å². The van der Waals surface area contributed by atoms with Crippen molar-refractivity contribution < 1.29 is 19.1 Å². The van der Waals surface area contributed by atoms with Gasteiger partial charge >= 0.3 is 0 Å². The van der Waals surface area contributed by atoms with Gasteiger partial charge in [-0.2, -0.15) is 0 Å². The molecule has 0 heterocycles. The number of rotatable bonds is 10. The molecule has 0 aliphatic rings. The number of unbranched alkanes of at least 4 members (excludes halogenated alkanes) is 2. The van der Waals surface area contributed by atoms with Gasteiger partial charge in [-0.05, 0) is 55.0 Å².